The summed E-state index contributed by atoms with van der Waals surface area (Å²) in [6.07, 6.45) is 8.99. The fraction of sp³-hybridized carbons (Fsp3) is 0.185. The van der Waals surface area contributed by atoms with E-state index >= 15 is 0 Å². The highest BCUT2D eigenvalue weighted by atomic mass is 35.5. The van der Waals surface area contributed by atoms with Crippen LogP contribution in [-0.2, 0) is 19.6 Å². The lowest BCUT2D eigenvalue weighted by Gasteiger charge is -2.07. The maximum Gasteiger partial charge on any atom is 0.0966 e. The third kappa shape index (κ3) is 6.30. The molecule has 0 amide bonds. The number of fused-ring (bicyclic) bond motifs is 1. The minimum atomic E-state index is 0.568. The lowest BCUT2D eigenvalue weighted by Crippen LogP contribution is -2.12. The van der Waals surface area contributed by atoms with E-state index in [1.54, 1.807) is 19.1 Å². The van der Waals surface area contributed by atoms with Crippen LogP contribution in [0.3, 0.4) is 0 Å². The van der Waals surface area contributed by atoms with E-state index in [1.807, 2.05) is 6.07 Å². The van der Waals surface area contributed by atoms with Gasteiger partial charge < -0.3 is 15.2 Å². The van der Waals surface area contributed by atoms with Crippen LogP contribution in [0.5, 0.6) is 0 Å². The van der Waals surface area contributed by atoms with Crippen LogP contribution >= 0.6 is 11.6 Å². The van der Waals surface area contributed by atoms with Crippen LogP contribution in [0.15, 0.2) is 77.5 Å². The molecule has 0 aliphatic heterocycles. The van der Waals surface area contributed by atoms with Gasteiger partial charge in [0.25, 0.3) is 0 Å². The number of terminal acetylenes is 1. The number of aromatic nitrogens is 1. The molecule has 3 aromatic rings. The lowest BCUT2D eigenvalue weighted by atomic mass is 10.1. The molecule has 0 unspecified atom stereocenters. The summed E-state index contributed by atoms with van der Waals surface area (Å²) in [5.74, 6) is 5.75. The van der Waals surface area contributed by atoms with Crippen molar-refractivity contribution in [3.63, 3.8) is 0 Å². The lowest BCUT2D eigenvalue weighted by molar-refractivity contribution is 0.694. The SMILES string of the molecule is C#C/C(=C\C=C(/C)Cl)NC#Cc1cc2cc(CNCc3ccccc3)ccc2n1CC. The van der Waals surface area contributed by atoms with Gasteiger partial charge in [0.1, 0.15) is 0 Å². The second-order valence-corrected chi connectivity index (χ2v) is 7.71. The Morgan fingerprint density at radius 1 is 1.06 bits per heavy atom. The van der Waals surface area contributed by atoms with Crippen LogP contribution in [0.25, 0.3) is 10.9 Å². The first-order valence-corrected chi connectivity index (χ1v) is 10.6. The van der Waals surface area contributed by atoms with E-state index in [4.69, 9.17) is 18.0 Å². The third-order valence-corrected chi connectivity index (χ3v) is 4.93. The molecule has 0 aliphatic rings. The predicted molar refractivity (Wildman–Crippen MR) is 131 cm³/mol. The molecule has 4 heteroatoms. The maximum atomic E-state index is 5.85. The minimum Gasteiger partial charge on any atom is -0.334 e. The standard InChI is InChI=1S/C27H26ClN3/c1-4-25(13-11-21(3)28)30-16-15-26-18-24-17-23(12-14-27(24)31(26)5-2)20-29-19-22-9-7-6-8-10-22/h1,6-14,17-18,29-30H,5,19-20H2,2-3H3/b21-11+,25-13+. The fourth-order valence-corrected chi connectivity index (χ4v) is 3.37. The minimum absolute atomic E-state index is 0.568. The smallest absolute Gasteiger partial charge is 0.0966 e. The third-order valence-electron chi connectivity index (χ3n) is 4.81. The number of aryl methyl sites for hydroxylation is 1. The van der Waals surface area contributed by atoms with Gasteiger partial charge in [-0.1, -0.05) is 53.9 Å². The normalized spacial score (nSPS) is 11.7. The molecule has 31 heavy (non-hydrogen) atoms. The van der Waals surface area contributed by atoms with Crippen molar-refractivity contribution in [2.45, 2.75) is 33.5 Å². The van der Waals surface area contributed by atoms with E-state index in [2.05, 4.69) is 88.5 Å². The van der Waals surface area contributed by atoms with Crippen LogP contribution in [0.1, 0.15) is 30.7 Å². The Morgan fingerprint density at radius 3 is 2.55 bits per heavy atom. The molecule has 0 atom stereocenters. The van der Waals surface area contributed by atoms with Crippen molar-refractivity contribution in [1.82, 2.24) is 15.2 Å². The summed E-state index contributed by atoms with van der Waals surface area (Å²) < 4.78 is 2.20. The average molecular weight is 428 g/mol. The number of halogens is 1. The molecule has 2 N–H and O–H groups in total. The van der Waals surface area contributed by atoms with Gasteiger partial charge in [-0.2, -0.15) is 0 Å². The molecule has 0 fully saturated rings. The molecule has 0 radical (unpaired) electrons. The first-order chi connectivity index (χ1) is 15.1. The first-order valence-electron chi connectivity index (χ1n) is 10.2. The molecule has 3 nitrogen and oxygen atoms in total. The number of nitrogens with one attached hydrogen (secondary N) is 2. The van der Waals surface area contributed by atoms with Gasteiger partial charge in [0, 0.05) is 41.6 Å². The fourth-order valence-electron chi connectivity index (χ4n) is 3.31. The second kappa shape index (κ2) is 11.1. The van der Waals surface area contributed by atoms with E-state index in [9.17, 15) is 0 Å². The molecule has 0 spiro atoms. The van der Waals surface area contributed by atoms with E-state index in [1.165, 1.54) is 22.0 Å². The number of hydrogen-bond donors (Lipinski definition) is 2. The Morgan fingerprint density at radius 2 is 1.84 bits per heavy atom. The molecule has 1 aromatic heterocycles. The van der Waals surface area contributed by atoms with Crippen molar-refractivity contribution in [3.05, 3.63) is 94.3 Å². The highest BCUT2D eigenvalue weighted by Crippen LogP contribution is 2.21. The number of allylic oxidation sites excluding steroid dienone is 4. The van der Waals surface area contributed by atoms with Gasteiger partial charge in [-0.3, -0.25) is 0 Å². The maximum absolute atomic E-state index is 5.85. The quantitative estimate of drug-likeness (QED) is 0.296. The summed E-state index contributed by atoms with van der Waals surface area (Å²) in [6, 6.07) is 22.1. The van der Waals surface area contributed by atoms with Crippen molar-refractivity contribution in [2.24, 2.45) is 0 Å². The van der Waals surface area contributed by atoms with Crippen molar-refractivity contribution in [3.8, 4) is 24.3 Å². The molecular weight excluding hydrogens is 402 g/mol. The van der Waals surface area contributed by atoms with Crippen LogP contribution in [0.2, 0.25) is 0 Å². The van der Waals surface area contributed by atoms with E-state index in [-0.39, 0.29) is 0 Å². The Balaban J connectivity index is 1.74. The Bertz CT molecular complexity index is 1190. The van der Waals surface area contributed by atoms with E-state index in [0.29, 0.717) is 10.7 Å². The highest BCUT2D eigenvalue weighted by Gasteiger charge is 2.07. The van der Waals surface area contributed by atoms with Crippen LogP contribution in [0, 0.1) is 24.3 Å². The molecule has 3 rings (SSSR count). The summed E-state index contributed by atoms with van der Waals surface area (Å²) in [6.45, 7) is 6.41. The topological polar surface area (TPSA) is 29.0 Å². The van der Waals surface area contributed by atoms with Crippen LogP contribution in [-0.4, -0.2) is 4.57 Å². The summed E-state index contributed by atoms with van der Waals surface area (Å²) in [5, 5.41) is 8.30. The Hall–Kier alpha value is -3.37. The highest BCUT2D eigenvalue weighted by molar-refractivity contribution is 6.29. The molecular formula is C27H26ClN3. The number of rotatable bonds is 7. The van der Waals surface area contributed by atoms with Gasteiger partial charge in [-0.25, -0.2) is 0 Å². The first kappa shape index (κ1) is 22.3. The molecule has 0 saturated heterocycles. The molecule has 156 valence electrons. The molecule has 0 saturated carbocycles. The zero-order valence-corrected chi connectivity index (χ0v) is 18.6. The van der Waals surface area contributed by atoms with Crippen molar-refractivity contribution < 1.29 is 0 Å². The van der Waals surface area contributed by atoms with Crippen molar-refractivity contribution in [2.75, 3.05) is 0 Å². The molecule has 2 aromatic carbocycles. The van der Waals surface area contributed by atoms with Crippen molar-refractivity contribution >= 4 is 22.5 Å². The van der Waals surface area contributed by atoms with E-state index in [0.717, 1.165) is 25.3 Å². The largest absolute Gasteiger partial charge is 0.334 e. The Kier molecular flexibility index (Phi) is 8.02. The van der Waals surface area contributed by atoms with Crippen LogP contribution in [0.4, 0.5) is 0 Å². The predicted octanol–water partition coefficient (Wildman–Crippen LogP) is 5.51. The number of hydrogen-bond acceptors (Lipinski definition) is 2. The molecule has 0 bridgehead atoms. The van der Waals surface area contributed by atoms with Gasteiger partial charge in [0.15, 0.2) is 0 Å². The monoisotopic (exact) mass is 427 g/mol. The van der Waals surface area contributed by atoms with Gasteiger partial charge in [-0.15, -0.1) is 6.42 Å². The summed E-state index contributed by atoms with van der Waals surface area (Å²) in [7, 11) is 0. The summed E-state index contributed by atoms with van der Waals surface area (Å²) in [4.78, 5) is 0. The zero-order chi connectivity index (χ0) is 22.1. The van der Waals surface area contributed by atoms with Gasteiger partial charge >= 0.3 is 0 Å². The summed E-state index contributed by atoms with van der Waals surface area (Å²) >= 11 is 5.85. The average Bonchev–Trinajstić information content (AvgIpc) is 3.13. The van der Waals surface area contributed by atoms with E-state index < -0.39 is 0 Å². The van der Waals surface area contributed by atoms with Gasteiger partial charge in [0.2, 0.25) is 0 Å². The number of nitrogens with zero attached hydrogens (tertiary/aromatic N) is 1. The molecule has 0 aliphatic carbocycles. The van der Waals surface area contributed by atoms with Crippen LogP contribution < -0.4 is 10.6 Å². The molecule has 1 heterocycles. The van der Waals surface area contributed by atoms with Gasteiger partial charge in [0.05, 0.1) is 11.4 Å². The zero-order valence-electron chi connectivity index (χ0n) is 17.9. The van der Waals surface area contributed by atoms with Crippen molar-refractivity contribution in [1.29, 1.82) is 0 Å². The summed E-state index contributed by atoms with van der Waals surface area (Å²) in [5.41, 5.74) is 5.21. The number of benzene rings is 2. The second-order valence-electron chi connectivity index (χ2n) is 7.11. The van der Waals surface area contributed by atoms with Gasteiger partial charge in [-0.05, 0) is 61.2 Å². The Labute approximate surface area is 189 Å².